The summed E-state index contributed by atoms with van der Waals surface area (Å²) in [4.78, 5) is 0. The van der Waals surface area contributed by atoms with E-state index in [1.807, 2.05) is 0 Å². The van der Waals surface area contributed by atoms with Crippen LogP contribution >= 0.6 is 0 Å². The molecule has 5 heteroatoms. The van der Waals surface area contributed by atoms with E-state index in [-0.39, 0.29) is 11.3 Å². The van der Waals surface area contributed by atoms with Crippen LogP contribution in [-0.4, -0.2) is 37.7 Å². The number of phenolic OH excluding ortho intramolecular Hbond substituents is 1. The summed E-state index contributed by atoms with van der Waals surface area (Å²) in [5.74, 6) is -0.117. The molecule has 0 spiro atoms. The van der Waals surface area contributed by atoms with Gasteiger partial charge in [-0.15, -0.1) is 0 Å². The van der Waals surface area contributed by atoms with Gasteiger partial charge in [-0.2, -0.15) is 0 Å². The van der Waals surface area contributed by atoms with Crippen molar-refractivity contribution in [2.45, 2.75) is 30.8 Å². The Kier molecular flexibility index (Phi) is 4.83. The first kappa shape index (κ1) is 16.5. The minimum atomic E-state index is -2.17. The monoisotopic (exact) mass is 304 g/mol. The molecule has 0 saturated carbocycles. The standard InChI is InChI=1S/C17H20O5/c1-11(18)15(20)17(22,13-8-5-9-14(19)10-13)16(21)12-6-3-2-4-7-12/h2-11,15-16,18-22H,1H3. The molecule has 0 aliphatic heterocycles. The smallest absolute Gasteiger partial charge is 0.148 e. The summed E-state index contributed by atoms with van der Waals surface area (Å²) in [6.07, 6.45) is -4.42. The molecule has 0 fully saturated rings. The first-order valence-corrected chi connectivity index (χ1v) is 6.98. The van der Waals surface area contributed by atoms with Crippen molar-refractivity contribution >= 4 is 0 Å². The van der Waals surface area contributed by atoms with Crippen molar-refractivity contribution in [2.75, 3.05) is 0 Å². The van der Waals surface area contributed by atoms with Gasteiger partial charge in [-0.1, -0.05) is 42.5 Å². The molecule has 0 aromatic heterocycles. The lowest BCUT2D eigenvalue weighted by Crippen LogP contribution is -2.50. The van der Waals surface area contributed by atoms with Crippen molar-refractivity contribution in [1.82, 2.24) is 0 Å². The summed E-state index contributed by atoms with van der Waals surface area (Å²) in [5, 5.41) is 51.2. The van der Waals surface area contributed by atoms with Crippen LogP contribution < -0.4 is 0 Å². The lowest BCUT2D eigenvalue weighted by molar-refractivity contribution is -0.183. The molecule has 0 heterocycles. The van der Waals surface area contributed by atoms with Crippen LogP contribution in [0.25, 0.3) is 0 Å². The van der Waals surface area contributed by atoms with Gasteiger partial charge in [0.2, 0.25) is 0 Å². The van der Waals surface area contributed by atoms with E-state index in [9.17, 15) is 25.5 Å². The number of phenols is 1. The Bertz CT molecular complexity index is 613. The van der Waals surface area contributed by atoms with E-state index in [1.165, 1.54) is 31.2 Å². The van der Waals surface area contributed by atoms with Gasteiger partial charge in [-0.3, -0.25) is 0 Å². The largest absolute Gasteiger partial charge is 0.508 e. The van der Waals surface area contributed by atoms with Gasteiger partial charge in [-0.05, 0) is 30.2 Å². The summed E-state index contributed by atoms with van der Waals surface area (Å²) in [6, 6.07) is 14.0. The van der Waals surface area contributed by atoms with Crippen molar-refractivity contribution in [3.63, 3.8) is 0 Å². The van der Waals surface area contributed by atoms with Gasteiger partial charge in [0, 0.05) is 0 Å². The molecule has 0 radical (unpaired) electrons. The van der Waals surface area contributed by atoms with Crippen LogP contribution in [0.3, 0.4) is 0 Å². The molecule has 0 saturated heterocycles. The van der Waals surface area contributed by atoms with E-state index >= 15 is 0 Å². The fourth-order valence-corrected chi connectivity index (χ4v) is 2.50. The molecule has 0 bridgehead atoms. The zero-order valence-corrected chi connectivity index (χ0v) is 12.2. The molecular weight excluding hydrogens is 284 g/mol. The van der Waals surface area contributed by atoms with Crippen LogP contribution in [0, 0.1) is 0 Å². The van der Waals surface area contributed by atoms with Gasteiger partial charge in [0.1, 0.15) is 23.6 Å². The highest BCUT2D eigenvalue weighted by molar-refractivity contribution is 5.36. The zero-order chi connectivity index (χ0) is 16.3. The zero-order valence-electron chi connectivity index (χ0n) is 12.2. The van der Waals surface area contributed by atoms with Crippen LogP contribution in [0.15, 0.2) is 54.6 Å². The molecule has 4 unspecified atom stereocenters. The predicted molar refractivity (Wildman–Crippen MR) is 81.1 cm³/mol. The van der Waals surface area contributed by atoms with E-state index < -0.39 is 23.9 Å². The fourth-order valence-electron chi connectivity index (χ4n) is 2.50. The molecule has 2 aromatic carbocycles. The second-order valence-electron chi connectivity index (χ2n) is 5.37. The molecule has 5 nitrogen and oxygen atoms in total. The Balaban J connectivity index is 2.55. The summed E-state index contributed by atoms with van der Waals surface area (Å²) >= 11 is 0. The first-order chi connectivity index (χ1) is 10.4. The van der Waals surface area contributed by atoms with Crippen LogP contribution in [-0.2, 0) is 5.60 Å². The highest BCUT2D eigenvalue weighted by Gasteiger charge is 2.47. The molecule has 2 rings (SSSR count). The molecule has 118 valence electrons. The third-order valence-corrected chi connectivity index (χ3v) is 3.75. The third-order valence-electron chi connectivity index (χ3n) is 3.75. The topological polar surface area (TPSA) is 101 Å². The van der Waals surface area contributed by atoms with Crippen LogP contribution in [0.5, 0.6) is 5.75 Å². The summed E-state index contributed by atoms with van der Waals surface area (Å²) in [6.45, 7) is 1.32. The summed E-state index contributed by atoms with van der Waals surface area (Å²) in [7, 11) is 0. The van der Waals surface area contributed by atoms with Crippen molar-refractivity contribution in [3.05, 3.63) is 65.7 Å². The van der Waals surface area contributed by atoms with Gasteiger partial charge in [-0.25, -0.2) is 0 Å². The number of aliphatic hydroxyl groups excluding tert-OH is 3. The molecule has 0 amide bonds. The molecule has 0 aliphatic carbocycles. The number of benzene rings is 2. The maximum atomic E-state index is 11.0. The third kappa shape index (κ3) is 2.98. The number of hydrogen-bond acceptors (Lipinski definition) is 5. The summed E-state index contributed by atoms with van der Waals surface area (Å²) < 4.78 is 0. The Labute approximate surface area is 128 Å². The van der Waals surface area contributed by atoms with E-state index in [4.69, 9.17) is 0 Å². The SMILES string of the molecule is CC(O)C(O)C(O)(c1cccc(O)c1)C(O)c1ccccc1. The van der Waals surface area contributed by atoms with Crippen molar-refractivity contribution in [3.8, 4) is 5.75 Å². The predicted octanol–water partition coefficient (Wildman–Crippen LogP) is 1.06. The number of aromatic hydroxyl groups is 1. The summed E-state index contributed by atoms with van der Waals surface area (Å²) in [5.41, 5.74) is -1.68. The Hall–Kier alpha value is -1.92. The second kappa shape index (κ2) is 6.46. The van der Waals surface area contributed by atoms with E-state index in [1.54, 1.807) is 30.3 Å². The Morgan fingerprint density at radius 3 is 2.09 bits per heavy atom. The molecular formula is C17H20O5. The van der Waals surface area contributed by atoms with Crippen LogP contribution in [0.1, 0.15) is 24.2 Å². The van der Waals surface area contributed by atoms with E-state index in [0.717, 1.165) is 0 Å². The van der Waals surface area contributed by atoms with E-state index in [2.05, 4.69) is 0 Å². The lowest BCUT2D eigenvalue weighted by Gasteiger charge is -2.39. The maximum absolute atomic E-state index is 11.0. The van der Waals surface area contributed by atoms with Gasteiger partial charge < -0.3 is 25.5 Å². The fraction of sp³-hybridized carbons (Fsp3) is 0.294. The Morgan fingerprint density at radius 1 is 0.909 bits per heavy atom. The van der Waals surface area contributed by atoms with Crippen molar-refractivity contribution in [1.29, 1.82) is 0 Å². The number of rotatable bonds is 5. The molecule has 0 aliphatic rings. The van der Waals surface area contributed by atoms with Gasteiger partial charge in [0.25, 0.3) is 0 Å². The van der Waals surface area contributed by atoms with Gasteiger partial charge >= 0.3 is 0 Å². The minimum absolute atomic E-state index is 0.109. The van der Waals surface area contributed by atoms with Crippen molar-refractivity contribution in [2.24, 2.45) is 0 Å². The molecule has 4 atom stereocenters. The van der Waals surface area contributed by atoms with Crippen LogP contribution in [0.2, 0.25) is 0 Å². The highest BCUT2D eigenvalue weighted by Crippen LogP contribution is 2.40. The molecule has 5 N–H and O–H groups in total. The Morgan fingerprint density at radius 2 is 1.55 bits per heavy atom. The van der Waals surface area contributed by atoms with Gasteiger partial charge in [0.05, 0.1) is 6.10 Å². The average molecular weight is 304 g/mol. The van der Waals surface area contributed by atoms with Gasteiger partial charge in [0.15, 0.2) is 0 Å². The quantitative estimate of drug-likeness (QED) is 0.568. The average Bonchev–Trinajstić information content (AvgIpc) is 2.53. The minimum Gasteiger partial charge on any atom is -0.508 e. The van der Waals surface area contributed by atoms with Crippen LogP contribution in [0.4, 0.5) is 0 Å². The lowest BCUT2D eigenvalue weighted by atomic mass is 9.78. The highest BCUT2D eigenvalue weighted by atomic mass is 16.4. The molecule has 22 heavy (non-hydrogen) atoms. The first-order valence-electron chi connectivity index (χ1n) is 6.98. The van der Waals surface area contributed by atoms with E-state index in [0.29, 0.717) is 5.56 Å². The van der Waals surface area contributed by atoms with Crippen molar-refractivity contribution < 1.29 is 25.5 Å². The molecule has 2 aromatic rings. The number of aliphatic hydroxyl groups is 4. The normalized spacial score (nSPS) is 18.2. The second-order valence-corrected chi connectivity index (χ2v) is 5.37. The number of hydrogen-bond donors (Lipinski definition) is 5. The maximum Gasteiger partial charge on any atom is 0.148 e.